The lowest BCUT2D eigenvalue weighted by molar-refractivity contribution is -0.125. The van der Waals surface area contributed by atoms with Gasteiger partial charge in [-0.1, -0.05) is 0 Å². The number of hydrogen-bond acceptors (Lipinski definition) is 7. The third-order valence-corrected chi connectivity index (χ3v) is 4.62. The van der Waals surface area contributed by atoms with E-state index >= 15 is 0 Å². The van der Waals surface area contributed by atoms with Crippen LogP contribution in [0.5, 0.6) is 0 Å². The van der Waals surface area contributed by atoms with Gasteiger partial charge in [0.05, 0.1) is 17.5 Å². The van der Waals surface area contributed by atoms with Gasteiger partial charge in [0, 0.05) is 40.4 Å². The van der Waals surface area contributed by atoms with Gasteiger partial charge in [0.15, 0.2) is 11.5 Å². The molecule has 3 heterocycles. The highest BCUT2D eigenvalue weighted by atomic mass is 16.5. The zero-order chi connectivity index (χ0) is 18.5. The van der Waals surface area contributed by atoms with E-state index in [-0.39, 0.29) is 18.4 Å². The summed E-state index contributed by atoms with van der Waals surface area (Å²) < 4.78 is 6.92. The van der Waals surface area contributed by atoms with Crippen molar-refractivity contribution in [3.8, 4) is 0 Å². The quantitative estimate of drug-likeness (QED) is 0.679. The zero-order valence-corrected chi connectivity index (χ0v) is 15.3. The third-order valence-electron chi connectivity index (χ3n) is 4.62. The van der Waals surface area contributed by atoms with E-state index in [0.717, 1.165) is 36.2 Å². The molecule has 2 aromatic heterocycles. The van der Waals surface area contributed by atoms with E-state index in [2.05, 4.69) is 25.3 Å². The van der Waals surface area contributed by atoms with E-state index < -0.39 is 0 Å². The molecule has 3 rings (SSSR count). The monoisotopic (exact) mass is 362 g/mol. The van der Waals surface area contributed by atoms with Crippen molar-refractivity contribution in [2.45, 2.75) is 25.9 Å². The first kappa shape index (κ1) is 18.5. The summed E-state index contributed by atoms with van der Waals surface area (Å²) in [5.74, 6) is 1.36. The first-order valence-corrected chi connectivity index (χ1v) is 8.95. The molecule has 26 heavy (non-hydrogen) atoms. The van der Waals surface area contributed by atoms with Crippen LogP contribution in [0.3, 0.4) is 0 Å². The Bertz CT molecular complexity index is 762. The molecule has 142 valence electrons. The van der Waals surface area contributed by atoms with Gasteiger partial charge in [0.25, 0.3) is 0 Å². The molecule has 1 atom stereocenters. The topological polar surface area (TPSA) is 105 Å². The Hall–Kier alpha value is -2.26. The summed E-state index contributed by atoms with van der Waals surface area (Å²) >= 11 is 0. The van der Waals surface area contributed by atoms with Gasteiger partial charge in [-0.25, -0.2) is 9.97 Å². The number of hydrogen-bond donors (Lipinski definition) is 2. The van der Waals surface area contributed by atoms with Gasteiger partial charge in [-0.05, 0) is 19.3 Å². The average Bonchev–Trinajstić information content (AvgIpc) is 3.03. The number of ether oxygens (including phenoxy) is 1. The van der Waals surface area contributed by atoms with Crippen molar-refractivity contribution in [3.05, 3.63) is 12.0 Å². The smallest absolute Gasteiger partial charge is 0.224 e. The molecule has 1 unspecified atom stereocenters. The van der Waals surface area contributed by atoms with Crippen LogP contribution in [-0.2, 0) is 23.2 Å². The summed E-state index contributed by atoms with van der Waals surface area (Å²) in [5, 5.41) is 16.9. The normalized spacial score (nSPS) is 17.7. The minimum atomic E-state index is -0.0880. The van der Waals surface area contributed by atoms with Crippen molar-refractivity contribution in [1.29, 1.82) is 0 Å². The molecule has 1 aliphatic rings. The van der Waals surface area contributed by atoms with Crippen LogP contribution in [0.4, 0.5) is 5.82 Å². The minimum Gasteiger partial charge on any atom is -0.396 e. The largest absolute Gasteiger partial charge is 0.396 e. The van der Waals surface area contributed by atoms with E-state index in [1.807, 2.05) is 7.05 Å². The van der Waals surface area contributed by atoms with Crippen LogP contribution < -0.4 is 10.2 Å². The molecule has 9 heteroatoms. The van der Waals surface area contributed by atoms with Crippen LogP contribution in [0, 0.1) is 5.92 Å². The van der Waals surface area contributed by atoms with Gasteiger partial charge >= 0.3 is 0 Å². The van der Waals surface area contributed by atoms with Gasteiger partial charge in [0.1, 0.15) is 12.4 Å². The Kier molecular flexibility index (Phi) is 6.00. The number of carbonyl (C=O) groups is 1. The molecule has 1 saturated heterocycles. The molecule has 0 radical (unpaired) electrons. The molecule has 0 aliphatic carbocycles. The van der Waals surface area contributed by atoms with E-state index in [0.29, 0.717) is 31.9 Å². The van der Waals surface area contributed by atoms with Crippen LogP contribution in [0.25, 0.3) is 11.0 Å². The van der Waals surface area contributed by atoms with Gasteiger partial charge in [-0.15, -0.1) is 0 Å². The number of carbonyl (C=O) groups excluding carboxylic acids is 1. The van der Waals surface area contributed by atoms with Crippen molar-refractivity contribution >= 4 is 22.8 Å². The minimum absolute atomic E-state index is 0.0387. The predicted molar refractivity (Wildman–Crippen MR) is 96.7 cm³/mol. The SMILES string of the molecule is COCc1nc(N2CCCC(C(=O)NCCCO)C2)c2cnn(C)c2n1. The number of methoxy groups -OCH3 is 1. The maximum atomic E-state index is 12.4. The predicted octanol–water partition coefficient (Wildman–Crippen LogP) is 0.225. The lowest BCUT2D eigenvalue weighted by atomic mass is 9.97. The lowest BCUT2D eigenvalue weighted by Crippen LogP contribution is -2.43. The van der Waals surface area contributed by atoms with E-state index in [9.17, 15) is 4.79 Å². The zero-order valence-electron chi connectivity index (χ0n) is 15.3. The van der Waals surface area contributed by atoms with Crippen LogP contribution in [0.15, 0.2) is 6.20 Å². The molecule has 1 aliphatic heterocycles. The van der Waals surface area contributed by atoms with E-state index in [1.54, 1.807) is 18.0 Å². The highest BCUT2D eigenvalue weighted by Crippen LogP contribution is 2.28. The number of fused-ring (bicyclic) bond motifs is 1. The fraction of sp³-hybridized carbons (Fsp3) is 0.647. The molecule has 0 aromatic carbocycles. The lowest BCUT2D eigenvalue weighted by Gasteiger charge is -2.33. The molecule has 0 spiro atoms. The van der Waals surface area contributed by atoms with Gasteiger partial charge < -0.3 is 20.1 Å². The van der Waals surface area contributed by atoms with Crippen molar-refractivity contribution in [2.24, 2.45) is 13.0 Å². The Morgan fingerprint density at radius 3 is 3.08 bits per heavy atom. The van der Waals surface area contributed by atoms with Crippen molar-refractivity contribution in [1.82, 2.24) is 25.1 Å². The molecule has 0 saturated carbocycles. The molecule has 2 N–H and O–H groups in total. The number of anilines is 1. The van der Waals surface area contributed by atoms with Gasteiger partial charge in [-0.2, -0.15) is 5.10 Å². The van der Waals surface area contributed by atoms with Crippen molar-refractivity contribution in [3.63, 3.8) is 0 Å². The average molecular weight is 362 g/mol. The molecule has 2 aromatic rings. The fourth-order valence-electron chi connectivity index (χ4n) is 3.30. The Balaban J connectivity index is 1.82. The molecule has 1 amide bonds. The van der Waals surface area contributed by atoms with E-state index in [1.165, 1.54) is 0 Å². The first-order chi connectivity index (χ1) is 12.6. The Morgan fingerprint density at radius 2 is 2.31 bits per heavy atom. The van der Waals surface area contributed by atoms with Crippen LogP contribution in [0.2, 0.25) is 0 Å². The molecule has 0 bridgehead atoms. The molecular weight excluding hydrogens is 336 g/mol. The number of aliphatic hydroxyl groups is 1. The number of rotatable bonds is 7. The molecular formula is C17H26N6O3. The highest BCUT2D eigenvalue weighted by Gasteiger charge is 2.28. The van der Waals surface area contributed by atoms with Crippen molar-refractivity contribution in [2.75, 3.05) is 38.3 Å². The summed E-state index contributed by atoms with van der Waals surface area (Å²) in [6.45, 7) is 2.36. The number of nitrogens with one attached hydrogen (secondary N) is 1. The second-order valence-corrected chi connectivity index (χ2v) is 6.56. The Morgan fingerprint density at radius 1 is 1.46 bits per heavy atom. The highest BCUT2D eigenvalue weighted by molar-refractivity contribution is 5.87. The maximum absolute atomic E-state index is 12.4. The van der Waals surface area contributed by atoms with Crippen LogP contribution in [0.1, 0.15) is 25.1 Å². The number of amides is 1. The van der Waals surface area contributed by atoms with Crippen LogP contribution >= 0.6 is 0 Å². The second kappa shape index (κ2) is 8.41. The van der Waals surface area contributed by atoms with Crippen molar-refractivity contribution < 1.29 is 14.6 Å². The molecule has 1 fully saturated rings. The summed E-state index contributed by atoms with van der Waals surface area (Å²) in [7, 11) is 3.47. The summed E-state index contributed by atoms with van der Waals surface area (Å²) in [4.78, 5) is 23.7. The number of aliphatic hydroxyl groups excluding tert-OH is 1. The number of aryl methyl sites for hydroxylation is 1. The standard InChI is InChI=1S/C17H26N6O3/c1-22-15-13(9-19-22)16(21-14(20-15)11-26-2)23-7-3-5-12(10-23)17(25)18-6-4-8-24/h9,12,24H,3-8,10-11H2,1-2H3,(H,18,25). The first-order valence-electron chi connectivity index (χ1n) is 8.95. The number of aromatic nitrogens is 4. The summed E-state index contributed by atoms with van der Waals surface area (Å²) in [6, 6.07) is 0. The Labute approximate surface area is 152 Å². The number of piperidine rings is 1. The molecule has 9 nitrogen and oxygen atoms in total. The third kappa shape index (κ3) is 3.94. The van der Waals surface area contributed by atoms with E-state index in [4.69, 9.17) is 9.84 Å². The number of nitrogens with zero attached hydrogens (tertiary/aromatic N) is 5. The van der Waals surface area contributed by atoms with Gasteiger partial charge in [0.2, 0.25) is 5.91 Å². The second-order valence-electron chi connectivity index (χ2n) is 6.56. The fourth-order valence-corrected chi connectivity index (χ4v) is 3.30. The maximum Gasteiger partial charge on any atom is 0.224 e. The summed E-state index contributed by atoms with van der Waals surface area (Å²) in [5.41, 5.74) is 0.761. The summed E-state index contributed by atoms with van der Waals surface area (Å²) in [6.07, 6.45) is 4.12. The van der Waals surface area contributed by atoms with Crippen LogP contribution in [-0.4, -0.2) is 64.1 Å². The van der Waals surface area contributed by atoms with Gasteiger partial charge in [-0.3, -0.25) is 9.48 Å².